The van der Waals surface area contributed by atoms with Crippen molar-refractivity contribution < 1.29 is 10.0 Å². The van der Waals surface area contributed by atoms with E-state index in [-0.39, 0.29) is 16.8 Å². The molecule has 0 saturated heterocycles. The van der Waals surface area contributed by atoms with E-state index in [2.05, 4.69) is 5.32 Å². The summed E-state index contributed by atoms with van der Waals surface area (Å²) in [7, 11) is 0. The van der Waals surface area contributed by atoms with E-state index >= 15 is 0 Å². The first-order chi connectivity index (χ1) is 6.20. The van der Waals surface area contributed by atoms with Crippen molar-refractivity contribution in [2.24, 2.45) is 0 Å². The molecule has 0 saturated carbocycles. The monoisotopic (exact) mass is 179 g/mol. The minimum absolute atomic E-state index is 0.121. The highest BCUT2D eigenvalue weighted by Crippen LogP contribution is 2.25. The molecule has 13 heavy (non-hydrogen) atoms. The van der Waals surface area contributed by atoms with Gasteiger partial charge >= 0.3 is 0 Å². The summed E-state index contributed by atoms with van der Waals surface area (Å²) in [5.74, 6) is -0.210. The van der Waals surface area contributed by atoms with Crippen LogP contribution in [0.15, 0.2) is 18.2 Å². The van der Waals surface area contributed by atoms with E-state index in [9.17, 15) is 10.0 Å². The van der Waals surface area contributed by atoms with Crippen molar-refractivity contribution in [3.05, 3.63) is 34.5 Å². The highest BCUT2D eigenvalue weighted by Gasteiger charge is 2.21. The SMILES string of the molecule is O=C1NCc2c1cccc2N([O-])O. The molecular weight excluding hydrogens is 172 g/mol. The summed E-state index contributed by atoms with van der Waals surface area (Å²) < 4.78 is 0. The third-order valence-corrected chi connectivity index (χ3v) is 2.03. The zero-order chi connectivity index (χ0) is 9.42. The van der Waals surface area contributed by atoms with Gasteiger partial charge in [0, 0.05) is 17.7 Å². The van der Waals surface area contributed by atoms with Gasteiger partial charge in [0.05, 0.1) is 5.69 Å². The summed E-state index contributed by atoms with van der Waals surface area (Å²) >= 11 is 0. The minimum atomic E-state index is -0.223. The lowest BCUT2D eigenvalue weighted by Gasteiger charge is -2.23. The van der Waals surface area contributed by atoms with E-state index in [1.807, 2.05) is 0 Å². The number of carbonyl (C=O) groups is 1. The molecule has 0 bridgehead atoms. The second kappa shape index (κ2) is 2.72. The van der Waals surface area contributed by atoms with Gasteiger partial charge in [-0.3, -0.25) is 10.0 Å². The Balaban J connectivity index is 2.57. The number of amides is 1. The maximum absolute atomic E-state index is 11.1. The van der Waals surface area contributed by atoms with Gasteiger partial charge in [0.25, 0.3) is 5.91 Å². The van der Waals surface area contributed by atoms with Gasteiger partial charge in [0.2, 0.25) is 0 Å². The van der Waals surface area contributed by atoms with E-state index in [0.29, 0.717) is 17.7 Å². The van der Waals surface area contributed by atoms with Crippen LogP contribution < -0.4 is 10.5 Å². The molecule has 5 heteroatoms. The summed E-state index contributed by atoms with van der Waals surface area (Å²) in [6.07, 6.45) is 0. The Kier molecular flexibility index (Phi) is 1.68. The quantitative estimate of drug-likeness (QED) is 0.620. The van der Waals surface area contributed by atoms with Gasteiger partial charge in [0.15, 0.2) is 0 Å². The molecular formula is C8H7N2O3-. The van der Waals surface area contributed by atoms with Crippen LogP contribution in [0.3, 0.4) is 0 Å². The Hall–Kier alpha value is -1.59. The van der Waals surface area contributed by atoms with E-state index in [4.69, 9.17) is 5.21 Å². The van der Waals surface area contributed by atoms with E-state index in [0.717, 1.165) is 0 Å². The van der Waals surface area contributed by atoms with Gasteiger partial charge in [-0.25, -0.2) is 0 Å². The summed E-state index contributed by atoms with van der Waals surface area (Å²) in [5, 5.41) is 21.7. The van der Waals surface area contributed by atoms with Gasteiger partial charge in [-0.05, 0) is 12.1 Å². The average Bonchev–Trinajstić information content (AvgIpc) is 2.48. The van der Waals surface area contributed by atoms with Crippen molar-refractivity contribution in [1.29, 1.82) is 0 Å². The molecule has 2 N–H and O–H groups in total. The summed E-state index contributed by atoms with van der Waals surface area (Å²) in [6, 6.07) is 4.64. The van der Waals surface area contributed by atoms with Gasteiger partial charge in [-0.2, -0.15) is 0 Å². The summed E-state index contributed by atoms with van der Waals surface area (Å²) in [4.78, 5) is 11.1. The van der Waals surface area contributed by atoms with Gasteiger partial charge in [-0.15, -0.1) is 0 Å². The predicted octanol–water partition coefficient (Wildman–Crippen LogP) is 0.623. The average molecular weight is 179 g/mol. The fraction of sp³-hybridized carbons (Fsp3) is 0.125. The van der Waals surface area contributed by atoms with Crippen LogP contribution in [-0.2, 0) is 6.54 Å². The molecule has 1 amide bonds. The third-order valence-electron chi connectivity index (χ3n) is 2.03. The minimum Gasteiger partial charge on any atom is -0.733 e. The number of carbonyl (C=O) groups excluding carboxylic acids is 1. The Morgan fingerprint density at radius 3 is 3.00 bits per heavy atom. The van der Waals surface area contributed by atoms with Crippen molar-refractivity contribution in [1.82, 2.24) is 5.32 Å². The Labute approximate surface area is 74.1 Å². The molecule has 5 nitrogen and oxygen atoms in total. The Bertz CT molecular complexity index is 362. The number of hydrogen-bond donors (Lipinski definition) is 2. The number of nitrogens with zero attached hydrogens (tertiary/aromatic N) is 1. The molecule has 2 rings (SSSR count). The molecule has 0 aromatic heterocycles. The lowest BCUT2D eigenvalue weighted by Crippen LogP contribution is -2.12. The Morgan fingerprint density at radius 2 is 2.31 bits per heavy atom. The molecule has 1 aliphatic rings. The number of fused-ring (bicyclic) bond motifs is 1. The van der Waals surface area contributed by atoms with Crippen LogP contribution in [0.5, 0.6) is 0 Å². The maximum atomic E-state index is 11.1. The van der Waals surface area contributed by atoms with Crippen LogP contribution in [0, 0.1) is 5.21 Å². The van der Waals surface area contributed by atoms with Crippen molar-refractivity contribution in [3.8, 4) is 0 Å². The highest BCUT2D eigenvalue weighted by molar-refractivity contribution is 6.00. The molecule has 0 radical (unpaired) electrons. The normalized spacial score (nSPS) is 13.8. The largest absolute Gasteiger partial charge is 0.733 e. The first kappa shape index (κ1) is 8.03. The first-order valence-electron chi connectivity index (χ1n) is 3.76. The zero-order valence-electron chi connectivity index (χ0n) is 6.65. The van der Waals surface area contributed by atoms with E-state index in [1.165, 1.54) is 6.07 Å². The van der Waals surface area contributed by atoms with Crippen LogP contribution in [0.2, 0.25) is 0 Å². The number of rotatable bonds is 1. The third kappa shape index (κ3) is 1.14. The van der Waals surface area contributed by atoms with Crippen LogP contribution in [0.1, 0.15) is 15.9 Å². The van der Waals surface area contributed by atoms with E-state index in [1.54, 1.807) is 12.1 Å². The topological polar surface area (TPSA) is 75.6 Å². The van der Waals surface area contributed by atoms with Crippen molar-refractivity contribution >= 4 is 11.6 Å². The molecule has 0 spiro atoms. The molecule has 0 atom stereocenters. The molecule has 68 valence electrons. The van der Waals surface area contributed by atoms with Gasteiger partial charge in [0.1, 0.15) is 0 Å². The van der Waals surface area contributed by atoms with Gasteiger partial charge in [-0.1, -0.05) is 6.07 Å². The van der Waals surface area contributed by atoms with Crippen LogP contribution in [0.25, 0.3) is 0 Å². The standard InChI is InChI=1S/C8H7N2O3/c11-8-5-2-1-3-7(10(12)13)6(5)4-9-8/h1-3,12H,4H2,(H,9,11)/q-1. The lowest BCUT2D eigenvalue weighted by atomic mass is 10.1. The fourth-order valence-electron chi connectivity index (χ4n) is 1.42. The number of anilines is 1. The van der Waals surface area contributed by atoms with Crippen LogP contribution >= 0.6 is 0 Å². The van der Waals surface area contributed by atoms with Crippen molar-refractivity contribution in [2.45, 2.75) is 6.54 Å². The second-order valence-corrected chi connectivity index (χ2v) is 2.76. The second-order valence-electron chi connectivity index (χ2n) is 2.76. The molecule has 1 aliphatic heterocycles. The van der Waals surface area contributed by atoms with Crippen molar-refractivity contribution in [2.75, 3.05) is 5.23 Å². The van der Waals surface area contributed by atoms with Crippen molar-refractivity contribution in [3.63, 3.8) is 0 Å². The van der Waals surface area contributed by atoms with Crippen LogP contribution in [0.4, 0.5) is 5.69 Å². The number of nitrogens with one attached hydrogen (secondary N) is 1. The molecule has 1 heterocycles. The summed E-state index contributed by atoms with van der Waals surface area (Å²) in [6.45, 7) is 0.295. The number of benzene rings is 1. The Morgan fingerprint density at radius 1 is 1.54 bits per heavy atom. The predicted molar refractivity (Wildman–Crippen MR) is 45.2 cm³/mol. The summed E-state index contributed by atoms with van der Waals surface area (Å²) in [5.41, 5.74) is 1.12. The van der Waals surface area contributed by atoms with Crippen LogP contribution in [-0.4, -0.2) is 11.1 Å². The smallest absolute Gasteiger partial charge is 0.251 e. The molecule has 0 unspecified atom stereocenters. The zero-order valence-corrected chi connectivity index (χ0v) is 6.65. The lowest BCUT2D eigenvalue weighted by molar-refractivity contribution is 0.0966. The first-order valence-corrected chi connectivity index (χ1v) is 3.76. The maximum Gasteiger partial charge on any atom is 0.251 e. The fourth-order valence-corrected chi connectivity index (χ4v) is 1.42. The number of hydrogen-bond acceptors (Lipinski definition) is 4. The molecule has 0 aliphatic carbocycles. The highest BCUT2D eigenvalue weighted by atomic mass is 16.8. The molecule has 0 fully saturated rings. The molecule has 1 aromatic carbocycles. The molecule has 1 aromatic rings. The van der Waals surface area contributed by atoms with E-state index < -0.39 is 0 Å². The van der Waals surface area contributed by atoms with Gasteiger partial charge < -0.3 is 15.8 Å².